The van der Waals surface area contributed by atoms with Gasteiger partial charge in [-0.05, 0) is 64.2 Å². The predicted molar refractivity (Wildman–Crippen MR) is 327 cm³/mol. The molecule has 0 heterocycles. The van der Waals surface area contributed by atoms with Crippen molar-refractivity contribution in [1.29, 1.82) is 0 Å². The van der Waals surface area contributed by atoms with Crippen molar-refractivity contribution in [3.63, 3.8) is 0 Å². The van der Waals surface area contributed by atoms with E-state index in [1.165, 1.54) is 250 Å². The molecular weight excluding hydrogens is 948 g/mol. The second kappa shape index (κ2) is 57.2. The number of unbranched alkanes of at least 4 members (excludes halogenated alkanes) is 41. The molecule has 0 rings (SSSR count). The molecule has 3 N–H and O–H groups in total. The first-order valence-electron chi connectivity index (χ1n) is 32.5. The number of hydrogen-bond acceptors (Lipinski definition) is 5. The van der Waals surface area contributed by atoms with Crippen molar-refractivity contribution in [1.82, 2.24) is 5.32 Å². The number of hydrogen-bond donors (Lipinski definition) is 3. The van der Waals surface area contributed by atoms with E-state index in [1.807, 2.05) is 27.2 Å². The number of nitrogens with zero attached hydrogens (tertiary/aromatic N) is 1. The molecule has 0 spiro atoms. The first kappa shape index (κ1) is 73.5. The SMILES string of the molecule is CCCCCCC/C=C\C/C=C\CCCCCCCCCCCCCCCCCCCCCCCCCC(=O)NC(COP(=O)(O)OCC[N+](C)(C)C)C(O)/C=C/CC/C=C/CCCCCCCCCCCCCC. The minimum atomic E-state index is -4.36. The van der Waals surface area contributed by atoms with Gasteiger partial charge in [0.05, 0.1) is 39.9 Å². The van der Waals surface area contributed by atoms with E-state index >= 15 is 0 Å². The highest BCUT2D eigenvalue weighted by Crippen LogP contribution is 2.43. The van der Waals surface area contributed by atoms with Crippen molar-refractivity contribution in [3.05, 3.63) is 48.6 Å². The van der Waals surface area contributed by atoms with Crippen LogP contribution in [0, 0.1) is 0 Å². The fourth-order valence-corrected chi connectivity index (χ4v) is 10.4. The van der Waals surface area contributed by atoms with Gasteiger partial charge in [-0.15, -0.1) is 0 Å². The quantitative estimate of drug-likeness (QED) is 0.0243. The molecule has 0 aliphatic heterocycles. The molecule has 0 saturated heterocycles. The van der Waals surface area contributed by atoms with Gasteiger partial charge < -0.3 is 19.8 Å². The average Bonchev–Trinajstić information content (AvgIpc) is 3.37. The molecular formula is C66H128N2O6P+. The van der Waals surface area contributed by atoms with E-state index in [2.05, 4.69) is 55.6 Å². The third-order valence-corrected chi connectivity index (χ3v) is 15.8. The van der Waals surface area contributed by atoms with E-state index < -0.39 is 20.0 Å². The van der Waals surface area contributed by atoms with Gasteiger partial charge in [-0.3, -0.25) is 13.8 Å². The monoisotopic (exact) mass is 1080 g/mol. The number of allylic oxidation sites excluding steroid dienone is 7. The summed E-state index contributed by atoms with van der Waals surface area (Å²) in [5.74, 6) is -0.182. The van der Waals surface area contributed by atoms with Crippen molar-refractivity contribution in [3.8, 4) is 0 Å². The normalized spacial score (nSPS) is 14.1. The predicted octanol–water partition coefficient (Wildman–Crippen LogP) is 20.3. The van der Waals surface area contributed by atoms with Crippen molar-refractivity contribution in [2.75, 3.05) is 40.9 Å². The van der Waals surface area contributed by atoms with Crippen LogP contribution in [0.2, 0.25) is 0 Å². The number of amides is 1. The lowest BCUT2D eigenvalue weighted by atomic mass is 10.0. The molecule has 0 aliphatic rings. The summed E-state index contributed by atoms with van der Waals surface area (Å²) < 4.78 is 23.7. The van der Waals surface area contributed by atoms with Gasteiger partial charge in [0.2, 0.25) is 5.91 Å². The molecule has 1 amide bonds. The van der Waals surface area contributed by atoms with Gasteiger partial charge in [-0.2, -0.15) is 0 Å². The first-order chi connectivity index (χ1) is 36.5. The highest BCUT2D eigenvalue weighted by molar-refractivity contribution is 7.47. The molecule has 3 atom stereocenters. The molecule has 0 fully saturated rings. The standard InChI is InChI=1S/C66H127N2O6P/c1-6-8-10-12-14-16-18-20-22-24-26-27-28-29-30-31-32-33-34-35-36-37-38-39-40-41-42-44-46-48-50-52-54-56-58-60-66(70)67-64(63-74-75(71,72)73-62-61-68(3,4)5)65(69)59-57-55-53-51-49-47-45-43-25-23-21-19-17-15-13-11-9-7-2/h18,20,24,26,49,51,57,59,64-65,69H,6-17,19,21-23,25,27-48,50,52-56,58,60-63H2,1-5H3,(H-,67,70,71,72)/p+1/b20-18-,26-24-,51-49+,59-57+. The second-order valence-electron chi connectivity index (χ2n) is 23.5. The molecule has 3 unspecified atom stereocenters. The van der Waals surface area contributed by atoms with E-state index in [0.29, 0.717) is 17.4 Å². The maximum absolute atomic E-state index is 13.0. The maximum atomic E-state index is 13.0. The lowest BCUT2D eigenvalue weighted by Crippen LogP contribution is -2.45. The Balaban J connectivity index is 4.02. The third-order valence-electron chi connectivity index (χ3n) is 14.8. The molecule has 0 aromatic rings. The van der Waals surface area contributed by atoms with Crippen molar-refractivity contribution < 1.29 is 32.9 Å². The molecule has 9 heteroatoms. The van der Waals surface area contributed by atoms with Crippen LogP contribution in [0.1, 0.15) is 316 Å². The molecule has 0 saturated carbocycles. The van der Waals surface area contributed by atoms with Crippen molar-refractivity contribution >= 4 is 13.7 Å². The number of rotatable bonds is 60. The molecule has 0 aromatic carbocycles. The van der Waals surface area contributed by atoms with Crippen LogP contribution >= 0.6 is 7.82 Å². The molecule has 0 bridgehead atoms. The van der Waals surface area contributed by atoms with E-state index in [9.17, 15) is 19.4 Å². The number of quaternary nitrogens is 1. The fraction of sp³-hybridized carbons (Fsp3) is 0.864. The Morgan fingerprint density at radius 1 is 0.453 bits per heavy atom. The minimum Gasteiger partial charge on any atom is -0.387 e. The highest BCUT2D eigenvalue weighted by atomic mass is 31.2. The summed E-state index contributed by atoms with van der Waals surface area (Å²) in [4.78, 5) is 23.3. The van der Waals surface area contributed by atoms with Gasteiger partial charge >= 0.3 is 7.82 Å². The van der Waals surface area contributed by atoms with Gasteiger partial charge in [0, 0.05) is 6.42 Å². The maximum Gasteiger partial charge on any atom is 0.472 e. The van der Waals surface area contributed by atoms with Crippen molar-refractivity contribution in [2.45, 2.75) is 328 Å². The van der Waals surface area contributed by atoms with Crippen LogP contribution in [0.25, 0.3) is 0 Å². The first-order valence-corrected chi connectivity index (χ1v) is 34.0. The summed E-state index contributed by atoms with van der Waals surface area (Å²) in [6.07, 6.45) is 76.8. The van der Waals surface area contributed by atoms with Gasteiger partial charge in [0.1, 0.15) is 13.2 Å². The highest BCUT2D eigenvalue weighted by Gasteiger charge is 2.27. The van der Waals surface area contributed by atoms with Crippen LogP contribution in [0.5, 0.6) is 0 Å². The lowest BCUT2D eigenvalue weighted by molar-refractivity contribution is -0.870. The zero-order chi connectivity index (χ0) is 54.9. The summed E-state index contributed by atoms with van der Waals surface area (Å²) in [5.41, 5.74) is 0. The summed E-state index contributed by atoms with van der Waals surface area (Å²) >= 11 is 0. The lowest BCUT2D eigenvalue weighted by Gasteiger charge is -2.25. The third kappa shape index (κ3) is 60.0. The average molecular weight is 1080 g/mol. The minimum absolute atomic E-state index is 0.0573. The Hall–Kier alpha value is -1.54. The smallest absolute Gasteiger partial charge is 0.387 e. The zero-order valence-corrected chi connectivity index (χ0v) is 51.4. The zero-order valence-electron chi connectivity index (χ0n) is 50.6. The van der Waals surface area contributed by atoms with E-state index in [1.54, 1.807) is 6.08 Å². The topological polar surface area (TPSA) is 105 Å². The Bertz CT molecular complexity index is 1360. The largest absolute Gasteiger partial charge is 0.472 e. The molecule has 0 radical (unpaired) electrons. The summed E-state index contributed by atoms with van der Waals surface area (Å²) in [6.45, 7) is 4.82. The fourth-order valence-electron chi connectivity index (χ4n) is 9.68. The molecule has 75 heavy (non-hydrogen) atoms. The van der Waals surface area contributed by atoms with Crippen LogP contribution in [-0.4, -0.2) is 73.4 Å². The number of carbonyl (C=O) groups excluding carboxylic acids is 1. The van der Waals surface area contributed by atoms with Crippen LogP contribution in [0.3, 0.4) is 0 Å². The molecule has 0 aliphatic carbocycles. The van der Waals surface area contributed by atoms with E-state index in [-0.39, 0.29) is 19.1 Å². The number of aliphatic hydroxyl groups is 1. The van der Waals surface area contributed by atoms with Gasteiger partial charge in [-0.1, -0.05) is 294 Å². The van der Waals surface area contributed by atoms with E-state index in [4.69, 9.17) is 9.05 Å². The summed E-state index contributed by atoms with van der Waals surface area (Å²) in [6, 6.07) is -0.863. The Morgan fingerprint density at radius 3 is 1.15 bits per heavy atom. The van der Waals surface area contributed by atoms with Gasteiger partial charge in [0.25, 0.3) is 0 Å². The van der Waals surface area contributed by atoms with E-state index in [0.717, 1.165) is 44.9 Å². The van der Waals surface area contributed by atoms with Crippen LogP contribution < -0.4 is 5.32 Å². The van der Waals surface area contributed by atoms with Crippen molar-refractivity contribution in [2.24, 2.45) is 0 Å². The van der Waals surface area contributed by atoms with Gasteiger partial charge in [-0.25, -0.2) is 4.57 Å². The Kier molecular flexibility index (Phi) is 56.0. The second-order valence-corrected chi connectivity index (χ2v) is 24.9. The summed E-state index contributed by atoms with van der Waals surface area (Å²) in [5, 5.41) is 13.9. The number of likely N-dealkylation sites (N-methyl/N-ethyl adjacent to an activating group) is 1. The molecule has 442 valence electrons. The van der Waals surface area contributed by atoms with Crippen LogP contribution in [0.4, 0.5) is 0 Å². The van der Waals surface area contributed by atoms with Crippen LogP contribution in [-0.2, 0) is 18.4 Å². The Morgan fingerprint density at radius 2 is 0.773 bits per heavy atom. The Labute approximate surface area is 467 Å². The number of phosphoric acid groups is 1. The van der Waals surface area contributed by atoms with Crippen LogP contribution in [0.15, 0.2) is 48.6 Å². The number of carbonyl (C=O) groups is 1. The molecule has 0 aromatic heterocycles. The molecule has 8 nitrogen and oxygen atoms in total. The number of aliphatic hydroxyl groups excluding tert-OH is 1. The number of nitrogens with one attached hydrogen (secondary N) is 1. The number of phosphoric ester groups is 1. The summed E-state index contributed by atoms with van der Waals surface area (Å²) in [7, 11) is 1.57. The van der Waals surface area contributed by atoms with Gasteiger partial charge in [0.15, 0.2) is 0 Å².